The van der Waals surface area contributed by atoms with Crippen molar-refractivity contribution in [2.75, 3.05) is 24.4 Å². The Hall–Kier alpha value is -1.14. The van der Waals surface area contributed by atoms with E-state index in [1.165, 1.54) is 5.56 Å². The molecular formula is C22H28ClNO2S2. The standard InChI is InChI=1S/C22H28ClNO2S2/c1-27-13-11-20(16-25)24(15-19-9-5-6-10-21(19)23)22(26)12-14-28-17-18-7-3-2-4-8-18/h2-10,20,25H,11-17H2,1H3/t20-/m1/s1. The number of carbonyl (C=O) groups excluding carboxylic acids is 1. The zero-order valence-corrected chi connectivity index (χ0v) is 18.6. The fraction of sp³-hybridized carbons (Fsp3) is 0.409. The van der Waals surface area contributed by atoms with Crippen LogP contribution in [0.25, 0.3) is 0 Å². The summed E-state index contributed by atoms with van der Waals surface area (Å²) in [7, 11) is 0. The van der Waals surface area contributed by atoms with E-state index in [1.54, 1.807) is 28.4 Å². The van der Waals surface area contributed by atoms with Gasteiger partial charge >= 0.3 is 0 Å². The molecule has 1 N–H and O–H groups in total. The summed E-state index contributed by atoms with van der Waals surface area (Å²) in [6.07, 6.45) is 3.26. The van der Waals surface area contributed by atoms with Gasteiger partial charge in [-0.2, -0.15) is 23.5 Å². The lowest BCUT2D eigenvalue weighted by Crippen LogP contribution is -2.42. The molecule has 0 radical (unpaired) electrons. The van der Waals surface area contributed by atoms with Gasteiger partial charge in [-0.15, -0.1) is 0 Å². The van der Waals surface area contributed by atoms with Crippen LogP contribution in [0.15, 0.2) is 54.6 Å². The minimum atomic E-state index is -0.185. The van der Waals surface area contributed by atoms with Gasteiger partial charge in [0.05, 0.1) is 12.6 Å². The lowest BCUT2D eigenvalue weighted by Gasteiger charge is -2.31. The van der Waals surface area contributed by atoms with E-state index in [0.29, 0.717) is 18.0 Å². The molecule has 3 nitrogen and oxygen atoms in total. The van der Waals surface area contributed by atoms with Crippen molar-refractivity contribution >= 4 is 41.0 Å². The highest BCUT2D eigenvalue weighted by Gasteiger charge is 2.23. The summed E-state index contributed by atoms with van der Waals surface area (Å²) in [5.41, 5.74) is 2.18. The highest BCUT2D eigenvalue weighted by Crippen LogP contribution is 2.21. The van der Waals surface area contributed by atoms with Crippen LogP contribution in [0, 0.1) is 0 Å². The highest BCUT2D eigenvalue weighted by atomic mass is 35.5. The molecule has 2 aromatic carbocycles. The van der Waals surface area contributed by atoms with Crippen molar-refractivity contribution in [3.05, 3.63) is 70.7 Å². The van der Waals surface area contributed by atoms with Crippen LogP contribution in [0.3, 0.4) is 0 Å². The maximum absolute atomic E-state index is 13.0. The number of hydrogen-bond acceptors (Lipinski definition) is 4. The van der Waals surface area contributed by atoms with Gasteiger partial charge in [0.1, 0.15) is 0 Å². The first-order valence-electron chi connectivity index (χ1n) is 9.40. The van der Waals surface area contributed by atoms with Crippen LogP contribution >= 0.6 is 35.1 Å². The first-order chi connectivity index (χ1) is 13.7. The van der Waals surface area contributed by atoms with Gasteiger partial charge in [0.25, 0.3) is 0 Å². The van der Waals surface area contributed by atoms with E-state index in [0.717, 1.165) is 29.2 Å². The monoisotopic (exact) mass is 437 g/mol. The van der Waals surface area contributed by atoms with Crippen molar-refractivity contribution in [2.24, 2.45) is 0 Å². The number of aliphatic hydroxyl groups is 1. The quantitative estimate of drug-likeness (QED) is 0.468. The highest BCUT2D eigenvalue weighted by molar-refractivity contribution is 7.98. The number of halogens is 1. The van der Waals surface area contributed by atoms with Crippen LogP contribution in [0.4, 0.5) is 0 Å². The van der Waals surface area contributed by atoms with E-state index in [-0.39, 0.29) is 18.6 Å². The number of hydrogen-bond donors (Lipinski definition) is 1. The van der Waals surface area contributed by atoms with E-state index in [2.05, 4.69) is 12.1 Å². The lowest BCUT2D eigenvalue weighted by atomic mass is 10.1. The molecule has 2 rings (SSSR count). The Morgan fingerprint density at radius 3 is 2.50 bits per heavy atom. The number of rotatable bonds is 12. The topological polar surface area (TPSA) is 40.5 Å². The molecule has 0 aliphatic carbocycles. The molecule has 0 aliphatic heterocycles. The predicted molar refractivity (Wildman–Crippen MR) is 123 cm³/mol. The van der Waals surface area contributed by atoms with Gasteiger partial charge < -0.3 is 10.0 Å². The predicted octanol–water partition coefficient (Wildman–Crippen LogP) is 5.11. The van der Waals surface area contributed by atoms with E-state index < -0.39 is 0 Å². The smallest absolute Gasteiger partial charge is 0.224 e. The minimum absolute atomic E-state index is 0.0338. The second-order valence-corrected chi connectivity index (χ2v) is 9.02. The molecule has 0 aromatic heterocycles. The van der Waals surface area contributed by atoms with Gasteiger partial charge in [0.2, 0.25) is 5.91 Å². The maximum atomic E-state index is 13.0. The zero-order chi connectivity index (χ0) is 20.2. The van der Waals surface area contributed by atoms with Crippen molar-refractivity contribution in [3.8, 4) is 0 Å². The van der Waals surface area contributed by atoms with Crippen molar-refractivity contribution in [3.63, 3.8) is 0 Å². The number of benzene rings is 2. The third-order valence-corrected chi connectivity index (χ3v) is 6.54. The van der Waals surface area contributed by atoms with Gasteiger partial charge in [-0.25, -0.2) is 0 Å². The Bertz CT molecular complexity index is 715. The molecule has 1 atom stereocenters. The molecule has 0 aliphatic rings. The molecular weight excluding hydrogens is 410 g/mol. The first-order valence-corrected chi connectivity index (χ1v) is 12.3. The Morgan fingerprint density at radius 2 is 1.82 bits per heavy atom. The number of amides is 1. The SMILES string of the molecule is CSCC[C@H](CO)N(Cc1ccccc1Cl)C(=O)CCSCc1ccccc1. The summed E-state index contributed by atoms with van der Waals surface area (Å²) in [6, 6.07) is 17.7. The molecule has 1 amide bonds. The van der Waals surface area contributed by atoms with Gasteiger partial charge in [-0.3, -0.25) is 4.79 Å². The van der Waals surface area contributed by atoms with E-state index >= 15 is 0 Å². The minimum Gasteiger partial charge on any atom is -0.394 e. The van der Waals surface area contributed by atoms with Gasteiger partial charge in [0, 0.05) is 29.5 Å². The second kappa shape index (κ2) is 13.2. The first kappa shape index (κ1) is 23.1. The Balaban J connectivity index is 1.98. The van der Waals surface area contributed by atoms with Crippen LogP contribution in [0.2, 0.25) is 5.02 Å². The summed E-state index contributed by atoms with van der Waals surface area (Å²) in [5, 5.41) is 10.6. The molecule has 6 heteroatoms. The summed E-state index contributed by atoms with van der Waals surface area (Å²) in [6.45, 7) is 0.398. The van der Waals surface area contributed by atoms with Gasteiger partial charge in [0.15, 0.2) is 0 Å². The van der Waals surface area contributed by atoms with E-state index in [1.807, 2.05) is 48.7 Å². The van der Waals surface area contributed by atoms with Gasteiger partial charge in [-0.05, 0) is 35.6 Å². The number of nitrogens with zero attached hydrogens (tertiary/aromatic N) is 1. The van der Waals surface area contributed by atoms with Crippen molar-refractivity contribution in [1.82, 2.24) is 4.90 Å². The second-order valence-electron chi connectivity index (χ2n) is 6.52. The largest absolute Gasteiger partial charge is 0.394 e. The summed E-state index contributed by atoms with van der Waals surface area (Å²) in [4.78, 5) is 14.8. The molecule has 152 valence electrons. The van der Waals surface area contributed by atoms with E-state index in [4.69, 9.17) is 11.6 Å². The summed E-state index contributed by atoms with van der Waals surface area (Å²) < 4.78 is 0. The fourth-order valence-corrected chi connectivity index (χ4v) is 4.49. The van der Waals surface area contributed by atoms with Crippen LogP contribution in [-0.4, -0.2) is 46.3 Å². The van der Waals surface area contributed by atoms with E-state index in [9.17, 15) is 9.90 Å². The summed E-state index contributed by atoms with van der Waals surface area (Å²) >= 11 is 9.79. The third kappa shape index (κ3) is 7.70. The van der Waals surface area contributed by atoms with Crippen molar-refractivity contribution < 1.29 is 9.90 Å². The van der Waals surface area contributed by atoms with Crippen molar-refractivity contribution in [2.45, 2.75) is 31.2 Å². The van der Waals surface area contributed by atoms with Crippen molar-refractivity contribution in [1.29, 1.82) is 0 Å². The molecule has 0 saturated carbocycles. The fourth-order valence-electron chi connectivity index (χ4n) is 2.90. The molecule has 0 heterocycles. The molecule has 0 spiro atoms. The maximum Gasteiger partial charge on any atom is 0.224 e. The average molecular weight is 438 g/mol. The normalized spacial score (nSPS) is 12.0. The van der Waals surface area contributed by atoms with Gasteiger partial charge in [-0.1, -0.05) is 60.1 Å². The molecule has 0 unspecified atom stereocenters. The molecule has 0 bridgehead atoms. The zero-order valence-electron chi connectivity index (χ0n) is 16.2. The molecule has 0 fully saturated rings. The Kier molecular flexibility index (Phi) is 10.9. The molecule has 0 saturated heterocycles. The summed E-state index contributed by atoms with van der Waals surface area (Å²) in [5.74, 6) is 2.63. The Labute approximate surface area is 181 Å². The molecule has 2 aromatic rings. The average Bonchev–Trinajstić information content (AvgIpc) is 2.72. The Morgan fingerprint density at radius 1 is 1.11 bits per heavy atom. The molecule has 28 heavy (non-hydrogen) atoms. The van der Waals surface area contributed by atoms with Crippen LogP contribution in [-0.2, 0) is 17.1 Å². The number of carbonyl (C=O) groups is 1. The number of aliphatic hydroxyl groups excluding tert-OH is 1. The van der Waals surface area contributed by atoms with Crippen LogP contribution < -0.4 is 0 Å². The third-order valence-electron chi connectivity index (χ3n) is 4.50. The van der Waals surface area contributed by atoms with Crippen LogP contribution in [0.1, 0.15) is 24.0 Å². The lowest BCUT2D eigenvalue weighted by molar-refractivity contribution is -0.134. The van der Waals surface area contributed by atoms with Crippen LogP contribution in [0.5, 0.6) is 0 Å². The number of thioether (sulfide) groups is 2.